The molecule has 5 nitrogen and oxygen atoms in total. The molecular formula is C20H27N3O2. The van der Waals surface area contributed by atoms with Gasteiger partial charge in [0.25, 0.3) is 5.91 Å². The van der Waals surface area contributed by atoms with Crippen molar-refractivity contribution in [3.05, 3.63) is 53.3 Å². The average molecular weight is 341 g/mol. The van der Waals surface area contributed by atoms with Gasteiger partial charge in [-0.2, -0.15) is 5.10 Å². The molecule has 0 spiro atoms. The second kappa shape index (κ2) is 7.40. The third-order valence-electron chi connectivity index (χ3n) is 5.17. The Kier molecular flexibility index (Phi) is 5.23. The number of aromatic nitrogens is 2. The third kappa shape index (κ3) is 4.28. The summed E-state index contributed by atoms with van der Waals surface area (Å²) < 4.78 is 1.63. The molecule has 2 N–H and O–H groups in total. The van der Waals surface area contributed by atoms with E-state index in [0.29, 0.717) is 17.0 Å². The molecule has 5 heteroatoms. The maximum atomic E-state index is 12.4. The summed E-state index contributed by atoms with van der Waals surface area (Å²) in [6.45, 7) is 1.82. The van der Waals surface area contributed by atoms with Crippen LogP contribution in [-0.4, -0.2) is 27.3 Å². The van der Waals surface area contributed by atoms with Crippen LogP contribution in [0.3, 0.4) is 0 Å². The van der Waals surface area contributed by atoms with Crippen LogP contribution in [0.2, 0.25) is 0 Å². The van der Waals surface area contributed by atoms with Crippen LogP contribution in [-0.2, 0) is 12.6 Å². The van der Waals surface area contributed by atoms with Crippen molar-refractivity contribution in [2.75, 3.05) is 6.54 Å². The molecule has 1 aromatic carbocycles. The fraction of sp³-hybridized carbons (Fsp3) is 0.500. The maximum absolute atomic E-state index is 12.4. The topological polar surface area (TPSA) is 67.2 Å². The van der Waals surface area contributed by atoms with E-state index in [2.05, 4.69) is 22.5 Å². The Morgan fingerprint density at radius 3 is 2.56 bits per heavy atom. The highest BCUT2D eigenvalue weighted by molar-refractivity contribution is 5.94. The summed E-state index contributed by atoms with van der Waals surface area (Å²) in [5, 5.41) is 17.4. The number of carbonyl (C=O) groups excluding carboxylic acids is 1. The molecule has 1 aliphatic rings. The Morgan fingerprint density at radius 2 is 1.96 bits per heavy atom. The first-order chi connectivity index (χ1) is 12.0. The van der Waals surface area contributed by atoms with Crippen LogP contribution < -0.4 is 5.32 Å². The lowest BCUT2D eigenvalue weighted by atomic mass is 9.84. The van der Waals surface area contributed by atoms with E-state index in [9.17, 15) is 9.90 Å². The minimum absolute atomic E-state index is 0.141. The van der Waals surface area contributed by atoms with E-state index in [1.165, 1.54) is 37.7 Å². The lowest BCUT2D eigenvalue weighted by molar-refractivity contribution is 0.0526. The number of nitrogens with one attached hydrogen (secondary N) is 1. The maximum Gasteiger partial charge on any atom is 0.251 e. The quantitative estimate of drug-likeness (QED) is 0.878. The number of nitrogens with zero attached hydrogens (tertiary/aromatic N) is 2. The molecule has 1 heterocycles. The zero-order valence-corrected chi connectivity index (χ0v) is 15.0. The molecule has 2 aromatic rings. The lowest BCUT2D eigenvalue weighted by Gasteiger charge is -2.23. The second-order valence-electron chi connectivity index (χ2n) is 7.32. The van der Waals surface area contributed by atoms with Crippen LogP contribution in [0.1, 0.15) is 66.4 Å². The highest BCUT2D eigenvalue weighted by atomic mass is 16.3. The number of benzene rings is 1. The van der Waals surface area contributed by atoms with Crippen LogP contribution >= 0.6 is 0 Å². The molecule has 25 heavy (non-hydrogen) atoms. The Balaban J connectivity index is 1.59. The summed E-state index contributed by atoms with van der Waals surface area (Å²) in [6, 6.07) is 7.92. The fourth-order valence-electron chi connectivity index (χ4n) is 3.50. The number of aryl methyl sites for hydroxylation is 1. The molecule has 1 aliphatic carbocycles. The molecule has 134 valence electrons. The SMILES string of the molecule is Cn1cc(C(C)(O)CNC(=O)c2ccc(C3CCCCC3)cc2)cn1. The summed E-state index contributed by atoms with van der Waals surface area (Å²) in [5.74, 6) is 0.469. The van der Waals surface area contributed by atoms with Gasteiger partial charge in [-0.05, 0) is 43.4 Å². The van der Waals surface area contributed by atoms with Gasteiger partial charge in [-0.25, -0.2) is 0 Å². The zero-order valence-electron chi connectivity index (χ0n) is 15.0. The number of aliphatic hydroxyl groups is 1. The summed E-state index contributed by atoms with van der Waals surface area (Å²) in [4.78, 5) is 12.4. The summed E-state index contributed by atoms with van der Waals surface area (Å²) >= 11 is 0. The number of carbonyl (C=O) groups is 1. The minimum atomic E-state index is -1.15. The van der Waals surface area contributed by atoms with E-state index in [1.54, 1.807) is 31.0 Å². The Labute approximate surface area is 149 Å². The highest BCUT2D eigenvalue weighted by Crippen LogP contribution is 2.32. The van der Waals surface area contributed by atoms with Crippen molar-refractivity contribution in [3.63, 3.8) is 0 Å². The van der Waals surface area contributed by atoms with Gasteiger partial charge in [-0.1, -0.05) is 31.4 Å². The van der Waals surface area contributed by atoms with Gasteiger partial charge in [-0.15, -0.1) is 0 Å². The van der Waals surface area contributed by atoms with Crippen LogP contribution in [0.25, 0.3) is 0 Å². The normalized spacial score (nSPS) is 17.9. The van der Waals surface area contributed by atoms with E-state index in [0.717, 1.165) is 0 Å². The summed E-state index contributed by atoms with van der Waals surface area (Å²) in [7, 11) is 1.80. The molecule has 1 aromatic heterocycles. The third-order valence-corrected chi connectivity index (χ3v) is 5.17. The Morgan fingerprint density at radius 1 is 1.28 bits per heavy atom. The predicted octanol–water partition coefficient (Wildman–Crippen LogP) is 3.11. The molecule has 0 bridgehead atoms. The monoisotopic (exact) mass is 341 g/mol. The van der Waals surface area contributed by atoms with Crippen molar-refractivity contribution in [1.82, 2.24) is 15.1 Å². The lowest BCUT2D eigenvalue weighted by Crippen LogP contribution is -2.38. The van der Waals surface area contributed by atoms with Gasteiger partial charge >= 0.3 is 0 Å². The van der Waals surface area contributed by atoms with Gasteiger partial charge in [-0.3, -0.25) is 9.48 Å². The van der Waals surface area contributed by atoms with E-state index in [4.69, 9.17) is 0 Å². The zero-order chi connectivity index (χ0) is 17.9. The van der Waals surface area contributed by atoms with E-state index in [-0.39, 0.29) is 12.5 Å². The molecule has 1 fully saturated rings. The number of hydrogen-bond acceptors (Lipinski definition) is 3. The molecule has 1 unspecified atom stereocenters. The Bertz CT molecular complexity index is 713. The fourth-order valence-corrected chi connectivity index (χ4v) is 3.50. The first-order valence-corrected chi connectivity index (χ1v) is 9.05. The van der Waals surface area contributed by atoms with Gasteiger partial charge in [0.1, 0.15) is 5.60 Å². The van der Waals surface area contributed by atoms with Crippen molar-refractivity contribution < 1.29 is 9.90 Å². The highest BCUT2D eigenvalue weighted by Gasteiger charge is 2.25. The molecule has 1 atom stereocenters. The van der Waals surface area contributed by atoms with Crippen molar-refractivity contribution >= 4 is 5.91 Å². The number of amides is 1. The van der Waals surface area contributed by atoms with Gasteiger partial charge in [0, 0.05) is 24.4 Å². The smallest absolute Gasteiger partial charge is 0.251 e. The van der Waals surface area contributed by atoms with Crippen molar-refractivity contribution in [2.24, 2.45) is 7.05 Å². The molecule has 0 saturated heterocycles. The van der Waals surface area contributed by atoms with Gasteiger partial charge < -0.3 is 10.4 Å². The van der Waals surface area contributed by atoms with Crippen LogP contribution in [0.5, 0.6) is 0 Å². The average Bonchev–Trinajstić information content (AvgIpc) is 3.08. The molecule has 1 amide bonds. The van der Waals surface area contributed by atoms with Crippen molar-refractivity contribution in [1.29, 1.82) is 0 Å². The molecule has 0 aliphatic heterocycles. The van der Waals surface area contributed by atoms with E-state index >= 15 is 0 Å². The van der Waals surface area contributed by atoms with Crippen molar-refractivity contribution in [2.45, 2.75) is 50.5 Å². The summed E-state index contributed by atoms with van der Waals surface area (Å²) in [6.07, 6.45) is 9.82. The second-order valence-corrected chi connectivity index (χ2v) is 7.32. The predicted molar refractivity (Wildman–Crippen MR) is 97.4 cm³/mol. The van der Waals surface area contributed by atoms with Gasteiger partial charge in [0.05, 0.1) is 12.7 Å². The largest absolute Gasteiger partial charge is 0.383 e. The molecule has 1 saturated carbocycles. The first-order valence-electron chi connectivity index (χ1n) is 9.05. The minimum Gasteiger partial charge on any atom is -0.383 e. The standard InChI is InChI=1S/C20H27N3O2/c1-20(25,18-12-22-23(2)13-18)14-21-19(24)17-10-8-16(9-11-17)15-6-4-3-5-7-15/h8-13,15,25H,3-7,14H2,1-2H3,(H,21,24). The van der Waals surface area contributed by atoms with Gasteiger partial charge in [0.2, 0.25) is 0 Å². The molecular weight excluding hydrogens is 314 g/mol. The van der Waals surface area contributed by atoms with E-state index < -0.39 is 5.60 Å². The number of hydrogen-bond donors (Lipinski definition) is 2. The van der Waals surface area contributed by atoms with Crippen molar-refractivity contribution in [3.8, 4) is 0 Å². The molecule has 0 radical (unpaired) electrons. The van der Waals surface area contributed by atoms with E-state index in [1.807, 2.05) is 12.1 Å². The van der Waals surface area contributed by atoms with Crippen LogP contribution in [0.4, 0.5) is 0 Å². The Hall–Kier alpha value is -2.14. The van der Waals surface area contributed by atoms with Crippen LogP contribution in [0, 0.1) is 0 Å². The van der Waals surface area contributed by atoms with Crippen LogP contribution in [0.15, 0.2) is 36.7 Å². The first kappa shape index (κ1) is 17.7. The summed E-state index contributed by atoms with van der Waals surface area (Å²) in [5.41, 5.74) is 1.49. The molecule has 3 rings (SSSR count). The van der Waals surface area contributed by atoms with Gasteiger partial charge in [0.15, 0.2) is 0 Å². The number of rotatable bonds is 5.